The van der Waals surface area contributed by atoms with E-state index in [2.05, 4.69) is 5.10 Å². The minimum Gasteiger partial charge on any atom is -0.478 e. The second-order valence-electron chi connectivity index (χ2n) is 4.25. The fourth-order valence-electron chi connectivity index (χ4n) is 1.80. The molecule has 1 aromatic carbocycles. The summed E-state index contributed by atoms with van der Waals surface area (Å²) in [7, 11) is 0. The van der Waals surface area contributed by atoms with Crippen LogP contribution in [0.4, 0.5) is 0 Å². The summed E-state index contributed by atoms with van der Waals surface area (Å²) in [6, 6.07) is 7.02. The van der Waals surface area contributed by atoms with Crippen LogP contribution in [0, 0.1) is 0 Å². The van der Waals surface area contributed by atoms with E-state index in [1.54, 1.807) is 18.3 Å². The molecule has 0 saturated heterocycles. The van der Waals surface area contributed by atoms with Gasteiger partial charge in [-0.3, -0.25) is 4.68 Å². The summed E-state index contributed by atoms with van der Waals surface area (Å²) in [6.45, 7) is 4.06. The van der Waals surface area contributed by atoms with Crippen LogP contribution in [0.2, 0.25) is 5.02 Å². The lowest BCUT2D eigenvalue weighted by Crippen LogP contribution is -2.05. The molecule has 2 rings (SSSR count). The van der Waals surface area contributed by atoms with Gasteiger partial charge in [0.25, 0.3) is 0 Å². The first-order valence-corrected chi connectivity index (χ1v) is 5.95. The Morgan fingerprint density at radius 1 is 1.39 bits per heavy atom. The molecule has 0 amide bonds. The zero-order valence-corrected chi connectivity index (χ0v) is 10.8. The van der Waals surface area contributed by atoms with Gasteiger partial charge in [0.1, 0.15) is 0 Å². The molecular formula is C13H13ClN2O2. The normalized spacial score (nSPS) is 10.9. The quantitative estimate of drug-likeness (QED) is 0.923. The molecule has 18 heavy (non-hydrogen) atoms. The summed E-state index contributed by atoms with van der Waals surface area (Å²) in [5.41, 5.74) is 1.89. The number of halogens is 1. The molecule has 0 saturated carbocycles. The molecule has 0 unspecified atom stereocenters. The van der Waals surface area contributed by atoms with Gasteiger partial charge in [-0.05, 0) is 32.0 Å². The Kier molecular flexibility index (Phi) is 3.39. The number of rotatable bonds is 3. The molecule has 0 atom stereocenters. The van der Waals surface area contributed by atoms with Crippen molar-refractivity contribution in [2.45, 2.75) is 19.9 Å². The van der Waals surface area contributed by atoms with Crippen LogP contribution >= 0.6 is 11.6 Å². The van der Waals surface area contributed by atoms with Gasteiger partial charge in [-0.25, -0.2) is 4.79 Å². The Balaban J connectivity index is 2.49. The first kappa shape index (κ1) is 12.6. The minimum absolute atomic E-state index is 0.107. The lowest BCUT2D eigenvalue weighted by molar-refractivity contribution is 0.0697. The van der Waals surface area contributed by atoms with Crippen molar-refractivity contribution < 1.29 is 9.90 Å². The lowest BCUT2D eigenvalue weighted by atomic mass is 10.1. The number of carboxylic acid groups (broad SMARTS) is 1. The van der Waals surface area contributed by atoms with Gasteiger partial charge in [0.05, 0.1) is 16.3 Å². The second-order valence-corrected chi connectivity index (χ2v) is 4.66. The Morgan fingerprint density at radius 3 is 2.67 bits per heavy atom. The highest BCUT2D eigenvalue weighted by Crippen LogP contribution is 2.27. The maximum atomic E-state index is 10.9. The van der Waals surface area contributed by atoms with Gasteiger partial charge in [-0.1, -0.05) is 17.7 Å². The first-order valence-electron chi connectivity index (χ1n) is 5.57. The van der Waals surface area contributed by atoms with Crippen molar-refractivity contribution >= 4 is 17.6 Å². The summed E-state index contributed by atoms with van der Waals surface area (Å²) >= 11 is 5.96. The Morgan fingerprint density at radius 2 is 2.11 bits per heavy atom. The third-order valence-electron chi connectivity index (χ3n) is 2.65. The molecule has 2 aromatic rings. The Bertz CT molecular complexity index is 590. The standard InChI is InChI=1S/C13H13ClN2O2/c1-8(2)16-12(5-6-15-16)9-3-4-10(13(17)18)11(14)7-9/h3-8H,1-2H3,(H,17,18). The van der Waals surface area contributed by atoms with Crippen LogP contribution in [0.1, 0.15) is 30.2 Å². The van der Waals surface area contributed by atoms with Gasteiger partial charge in [-0.2, -0.15) is 5.10 Å². The summed E-state index contributed by atoms with van der Waals surface area (Å²) in [4.78, 5) is 10.9. The number of hydrogen-bond donors (Lipinski definition) is 1. The summed E-state index contributed by atoms with van der Waals surface area (Å²) in [5, 5.41) is 13.4. The topological polar surface area (TPSA) is 55.1 Å². The molecule has 0 fully saturated rings. The molecule has 94 valence electrons. The van der Waals surface area contributed by atoms with E-state index in [1.165, 1.54) is 6.07 Å². The average Bonchev–Trinajstić information content (AvgIpc) is 2.77. The molecule has 0 aliphatic rings. The first-order chi connectivity index (χ1) is 8.50. The predicted molar refractivity (Wildman–Crippen MR) is 70.0 cm³/mol. The van der Waals surface area contributed by atoms with E-state index in [9.17, 15) is 4.79 Å². The van der Waals surface area contributed by atoms with E-state index in [1.807, 2.05) is 24.6 Å². The van der Waals surface area contributed by atoms with Crippen molar-refractivity contribution in [2.75, 3.05) is 0 Å². The van der Waals surface area contributed by atoms with E-state index in [0.29, 0.717) is 0 Å². The van der Waals surface area contributed by atoms with Gasteiger partial charge in [-0.15, -0.1) is 0 Å². The zero-order chi connectivity index (χ0) is 13.3. The van der Waals surface area contributed by atoms with Gasteiger partial charge in [0, 0.05) is 17.8 Å². The number of aromatic nitrogens is 2. The van der Waals surface area contributed by atoms with Crippen LogP contribution in [0.5, 0.6) is 0 Å². The third kappa shape index (κ3) is 2.24. The monoisotopic (exact) mass is 264 g/mol. The highest BCUT2D eigenvalue weighted by atomic mass is 35.5. The van der Waals surface area contributed by atoms with Crippen LogP contribution in [-0.4, -0.2) is 20.9 Å². The van der Waals surface area contributed by atoms with E-state index >= 15 is 0 Å². The minimum atomic E-state index is -1.02. The van der Waals surface area contributed by atoms with Gasteiger partial charge < -0.3 is 5.11 Å². The average molecular weight is 265 g/mol. The van der Waals surface area contributed by atoms with E-state index in [-0.39, 0.29) is 16.6 Å². The number of benzene rings is 1. The smallest absolute Gasteiger partial charge is 0.337 e. The van der Waals surface area contributed by atoms with Crippen LogP contribution in [0.15, 0.2) is 30.5 Å². The number of carboxylic acids is 1. The highest BCUT2D eigenvalue weighted by molar-refractivity contribution is 6.33. The van der Waals surface area contributed by atoms with Gasteiger partial charge in [0.2, 0.25) is 0 Å². The molecular weight excluding hydrogens is 252 g/mol. The molecule has 0 bridgehead atoms. The van der Waals surface area contributed by atoms with E-state index in [0.717, 1.165) is 11.3 Å². The fraction of sp³-hybridized carbons (Fsp3) is 0.231. The maximum Gasteiger partial charge on any atom is 0.337 e. The molecule has 0 radical (unpaired) electrons. The highest BCUT2D eigenvalue weighted by Gasteiger charge is 2.12. The predicted octanol–water partition coefficient (Wildman–Crippen LogP) is 3.48. The van der Waals surface area contributed by atoms with Crippen molar-refractivity contribution in [1.29, 1.82) is 0 Å². The number of hydrogen-bond acceptors (Lipinski definition) is 2. The van der Waals surface area contributed by atoms with Crippen molar-refractivity contribution in [3.8, 4) is 11.3 Å². The molecule has 1 aromatic heterocycles. The van der Waals surface area contributed by atoms with E-state index < -0.39 is 5.97 Å². The molecule has 0 aliphatic heterocycles. The van der Waals surface area contributed by atoms with Gasteiger partial charge >= 0.3 is 5.97 Å². The molecule has 1 N–H and O–H groups in total. The van der Waals surface area contributed by atoms with Crippen LogP contribution in [0.25, 0.3) is 11.3 Å². The van der Waals surface area contributed by atoms with Crippen molar-refractivity contribution in [3.05, 3.63) is 41.0 Å². The third-order valence-corrected chi connectivity index (χ3v) is 2.97. The van der Waals surface area contributed by atoms with Crippen molar-refractivity contribution in [1.82, 2.24) is 9.78 Å². The van der Waals surface area contributed by atoms with Crippen LogP contribution < -0.4 is 0 Å². The number of nitrogens with zero attached hydrogens (tertiary/aromatic N) is 2. The Hall–Kier alpha value is -1.81. The van der Waals surface area contributed by atoms with E-state index in [4.69, 9.17) is 16.7 Å². The fourth-order valence-corrected chi connectivity index (χ4v) is 2.06. The summed E-state index contributed by atoms with van der Waals surface area (Å²) in [5.74, 6) is -1.02. The molecule has 0 spiro atoms. The van der Waals surface area contributed by atoms with Crippen LogP contribution in [-0.2, 0) is 0 Å². The Labute approximate surface area is 110 Å². The molecule has 1 heterocycles. The summed E-state index contributed by atoms with van der Waals surface area (Å²) in [6.07, 6.45) is 1.72. The number of carbonyl (C=O) groups is 1. The van der Waals surface area contributed by atoms with Crippen LogP contribution in [0.3, 0.4) is 0 Å². The summed E-state index contributed by atoms with van der Waals surface area (Å²) < 4.78 is 1.87. The lowest BCUT2D eigenvalue weighted by Gasteiger charge is -2.11. The van der Waals surface area contributed by atoms with Crippen molar-refractivity contribution in [3.63, 3.8) is 0 Å². The largest absolute Gasteiger partial charge is 0.478 e. The molecule has 0 aliphatic carbocycles. The molecule has 4 nitrogen and oxygen atoms in total. The maximum absolute atomic E-state index is 10.9. The molecule has 5 heteroatoms. The number of aromatic carboxylic acids is 1. The zero-order valence-electron chi connectivity index (χ0n) is 10.1. The van der Waals surface area contributed by atoms with Gasteiger partial charge in [0.15, 0.2) is 0 Å². The SMILES string of the molecule is CC(C)n1nccc1-c1ccc(C(=O)O)c(Cl)c1. The second kappa shape index (κ2) is 4.82. The van der Waals surface area contributed by atoms with Crippen molar-refractivity contribution in [2.24, 2.45) is 0 Å².